The van der Waals surface area contributed by atoms with E-state index in [-0.39, 0.29) is 11.9 Å². The van der Waals surface area contributed by atoms with Crippen LogP contribution in [0.25, 0.3) is 0 Å². The number of carbonyl (C=O) groups excluding carboxylic acids is 1. The zero-order valence-electron chi connectivity index (χ0n) is 18.2. The molecule has 0 saturated carbocycles. The van der Waals surface area contributed by atoms with Crippen LogP contribution in [0.2, 0.25) is 0 Å². The van der Waals surface area contributed by atoms with E-state index in [1.807, 2.05) is 18.2 Å². The fourth-order valence-electron chi connectivity index (χ4n) is 4.71. The Balaban J connectivity index is 1.40. The highest BCUT2D eigenvalue weighted by Crippen LogP contribution is 2.27. The molecule has 2 saturated heterocycles. The molecular weight excluding hydrogens is 370 g/mol. The Hall–Kier alpha value is -2.33. The largest absolute Gasteiger partial charge is 0.372 e. The van der Waals surface area contributed by atoms with Gasteiger partial charge in [0.25, 0.3) is 0 Å². The molecule has 1 N–H and O–H groups in total. The van der Waals surface area contributed by atoms with E-state index >= 15 is 0 Å². The molecule has 0 unspecified atom stereocenters. The molecule has 30 heavy (non-hydrogen) atoms. The fraction of sp³-hybridized carbons (Fsp3) is 0.500. The molecule has 2 aromatic rings. The first-order valence-corrected chi connectivity index (χ1v) is 11.6. The van der Waals surface area contributed by atoms with Crippen molar-refractivity contribution in [3.05, 3.63) is 65.7 Å². The number of amides is 1. The van der Waals surface area contributed by atoms with Crippen LogP contribution in [0.1, 0.15) is 56.2 Å². The summed E-state index contributed by atoms with van der Waals surface area (Å²) >= 11 is 0. The molecule has 0 bridgehead atoms. The summed E-state index contributed by atoms with van der Waals surface area (Å²) < 4.78 is 0. The van der Waals surface area contributed by atoms with E-state index in [1.165, 1.54) is 24.9 Å². The lowest BCUT2D eigenvalue weighted by Crippen LogP contribution is -2.43. The molecule has 0 aliphatic carbocycles. The Morgan fingerprint density at radius 2 is 1.60 bits per heavy atom. The Kier molecular flexibility index (Phi) is 7.06. The van der Waals surface area contributed by atoms with Gasteiger partial charge in [-0.3, -0.25) is 9.69 Å². The first-order valence-electron chi connectivity index (χ1n) is 11.6. The molecule has 4 nitrogen and oxygen atoms in total. The number of nitrogens with one attached hydrogen (secondary N) is 1. The van der Waals surface area contributed by atoms with Crippen LogP contribution in [0.5, 0.6) is 0 Å². The van der Waals surface area contributed by atoms with Crippen LogP contribution < -0.4 is 10.2 Å². The number of carbonyl (C=O) groups is 1. The number of piperidine rings is 2. The van der Waals surface area contributed by atoms with Crippen LogP contribution >= 0.6 is 0 Å². The molecule has 0 aromatic heterocycles. The SMILES string of the molecule is CC1CCN([C@@H](C(=O)NCc2ccc(N3CCCCC3)cc2)c2ccccc2)CC1. The maximum absolute atomic E-state index is 13.3. The van der Waals surface area contributed by atoms with Gasteiger partial charge >= 0.3 is 0 Å². The van der Waals surface area contributed by atoms with E-state index in [4.69, 9.17) is 0 Å². The van der Waals surface area contributed by atoms with Crippen molar-refractivity contribution in [2.75, 3.05) is 31.1 Å². The lowest BCUT2D eigenvalue weighted by atomic mass is 9.95. The van der Waals surface area contributed by atoms with Gasteiger partial charge in [0.2, 0.25) is 5.91 Å². The van der Waals surface area contributed by atoms with Crippen LogP contribution in [0.3, 0.4) is 0 Å². The van der Waals surface area contributed by atoms with Crippen LogP contribution in [-0.2, 0) is 11.3 Å². The normalized spacial score (nSPS) is 19.4. The molecule has 1 atom stereocenters. The Morgan fingerprint density at radius 1 is 0.933 bits per heavy atom. The van der Waals surface area contributed by atoms with Gasteiger partial charge in [0.1, 0.15) is 6.04 Å². The molecule has 160 valence electrons. The maximum atomic E-state index is 13.3. The number of likely N-dealkylation sites (tertiary alicyclic amines) is 1. The summed E-state index contributed by atoms with van der Waals surface area (Å²) in [5.74, 6) is 0.856. The highest BCUT2D eigenvalue weighted by Gasteiger charge is 2.29. The third-order valence-corrected chi connectivity index (χ3v) is 6.67. The van der Waals surface area contributed by atoms with Gasteiger partial charge in [-0.15, -0.1) is 0 Å². The van der Waals surface area contributed by atoms with E-state index < -0.39 is 0 Å². The predicted octanol–water partition coefficient (Wildman–Crippen LogP) is 4.77. The summed E-state index contributed by atoms with van der Waals surface area (Å²) in [6.07, 6.45) is 6.24. The Morgan fingerprint density at radius 3 is 2.27 bits per heavy atom. The Labute approximate surface area is 181 Å². The summed E-state index contributed by atoms with van der Waals surface area (Å²) in [5, 5.41) is 3.21. The van der Waals surface area contributed by atoms with E-state index in [1.54, 1.807) is 0 Å². The molecule has 0 radical (unpaired) electrons. The smallest absolute Gasteiger partial charge is 0.242 e. The molecule has 4 rings (SSSR count). The van der Waals surface area contributed by atoms with Gasteiger partial charge < -0.3 is 10.2 Å². The number of rotatable bonds is 6. The number of hydrogen-bond donors (Lipinski definition) is 1. The highest BCUT2D eigenvalue weighted by atomic mass is 16.2. The van der Waals surface area contributed by atoms with Gasteiger partial charge in [-0.1, -0.05) is 49.4 Å². The average Bonchev–Trinajstić information content (AvgIpc) is 2.81. The van der Waals surface area contributed by atoms with Gasteiger partial charge in [0.05, 0.1) is 0 Å². The molecule has 1 amide bonds. The van der Waals surface area contributed by atoms with Gasteiger partial charge in [0.15, 0.2) is 0 Å². The summed E-state index contributed by atoms with van der Waals surface area (Å²) in [6, 6.07) is 18.7. The second-order valence-electron chi connectivity index (χ2n) is 8.96. The lowest BCUT2D eigenvalue weighted by Gasteiger charge is -2.36. The maximum Gasteiger partial charge on any atom is 0.242 e. The van der Waals surface area contributed by atoms with Gasteiger partial charge in [-0.05, 0) is 74.4 Å². The number of nitrogens with zero attached hydrogens (tertiary/aromatic N) is 2. The first kappa shape index (κ1) is 20.9. The third-order valence-electron chi connectivity index (χ3n) is 6.67. The predicted molar refractivity (Wildman–Crippen MR) is 124 cm³/mol. The Bertz CT molecular complexity index is 791. The highest BCUT2D eigenvalue weighted by molar-refractivity contribution is 5.83. The van der Waals surface area contributed by atoms with Crippen LogP contribution in [0.15, 0.2) is 54.6 Å². The summed E-state index contributed by atoms with van der Waals surface area (Å²) in [4.78, 5) is 18.1. The summed E-state index contributed by atoms with van der Waals surface area (Å²) in [7, 11) is 0. The minimum Gasteiger partial charge on any atom is -0.372 e. The topological polar surface area (TPSA) is 35.6 Å². The monoisotopic (exact) mass is 405 g/mol. The molecule has 2 aliphatic rings. The van der Waals surface area contributed by atoms with Crippen molar-refractivity contribution >= 4 is 11.6 Å². The van der Waals surface area contributed by atoms with Crippen molar-refractivity contribution in [2.45, 2.75) is 51.6 Å². The van der Waals surface area contributed by atoms with Crippen LogP contribution in [0.4, 0.5) is 5.69 Å². The minimum absolute atomic E-state index is 0.107. The van der Waals surface area contributed by atoms with Crippen molar-refractivity contribution in [2.24, 2.45) is 5.92 Å². The molecule has 2 heterocycles. The van der Waals surface area contributed by atoms with E-state index in [0.717, 1.165) is 56.1 Å². The van der Waals surface area contributed by atoms with Gasteiger partial charge in [0, 0.05) is 25.3 Å². The van der Waals surface area contributed by atoms with E-state index in [9.17, 15) is 4.79 Å². The van der Waals surface area contributed by atoms with E-state index in [2.05, 4.69) is 58.4 Å². The number of benzene rings is 2. The fourth-order valence-corrected chi connectivity index (χ4v) is 4.71. The second-order valence-corrected chi connectivity index (χ2v) is 8.96. The quantitative estimate of drug-likeness (QED) is 0.752. The summed E-state index contributed by atoms with van der Waals surface area (Å²) in [6.45, 7) is 7.17. The molecular formula is C26H35N3O. The molecule has 2 aromatic carbocycles. The molecule has 0 spiro atoms. The van der Waals surface area contributed by atoms with E-state index in [0.29, 0.717) is 6.54 Å². The van der Waals surface area contributed by atoms with Crippen molar-refractivity contribution in [3.8, 4) is 0 Å². The number of anilines is 1. The third kappa shape index (κ3) is 5.23. The lowest BCUT2D eigenvalue weighted by molar-refractivity contribution is -0.127. The molecule has 2 aliphatic heterocycles. The molecule has 2 fully saturated rings. The van der Waals surface area contributed by atoms with Crippen LogP contribution in [0, 0.1) is 5.92 Å². The number of hydrogen-bond acceptors (Lipinski definition) is 3. The van der Waals surface area contributed by atoms with Gasteiger partial charge in [-0.2, -0.15) is 0 Å². The van der Waals surface area contributed by atoms with Crippen molar-refractivity contribution in [3.63, 3.8) is 0 Å². The van der Waals surface area contributed by atoms with Crippen molar-refractivity contribution in [1.29, 1.82) is 0 Å². The van der Waals surface area contributed by atoms with Crippen molar-refractivity contribution in [1.82, 2.24) is 10.2 Å². The van der Waals surface area contributed by atoms with Gasteiger partial charge in [-0.25, -0.2) is 0 Å². The van der Waals surface area contributed by atoms with Crippen molar-refractivity contribution < 1.29 is 4.79 Å². The zero-order chi connectivity index (χ0) is 20.8. The van der Waals surface area contributed by atoms with Crippen LogP contribution in [-0.4, -0.2) is 37.0 Å². The second kappa shape index (κ2) is 10.1. The summed E-state index contributed by atoms with van der Waals surface area (Å²) in [5.41, 5.74) is 3.54. The zero-order valence-corrected chi connectivity index (χ0v) is 18.2. The minimum atomic E-state index is -0.202. The average molecular weight is 406 g/mol. The molecule has 4 heteroatoms. The first-order chi connectivity index (χ1) is 14.7. The standard InChI is InChI=1S/C26H35N3O/c1-21-14-18-29(19-15-21)25(23-8-4-2-5-9-23)26(30)27-20-22-10-12-24(13-11-22)28-16-6-3-7-17-28/h2,4-5,8-13,21,25H,3,6-7,14-20H2,1H3,(H,27,30)/t25-/m1/s1.